The van der Waals surface area contributed by atoms with Crippen LogP contribution in [0.3, 0.4) is 0 Å². The minimum atomic E-state index is -0.204. The van der Waals surface area contributed by atoms with Crippen molar-refractivity contribution < 1.29 is 8.98 Å². The molecule has 2 heterocycles. The molecule has 7 heteroatoms. The van der Waals surface area contributed by atoms with Crippen molar-refractivity contribution in [2.45, 2.75) is 58.5 Å². The number of carbonyl (C=O) groups is 1. The lowest BCUT2D eigenvalue weighted by Crippen LogP contribution is -2.28. The first kappa shape index (κ1) is 22.2. The van der Waals surface area contributed by atoms with Crippen LogP contribution in [0.25, 0.3) is 10.9 Å². The zero-order valence-electron chi connectivity index (χ0n) is 18.4. The van der Waals surface area contributed by atoms with Crippen LogP contribution in [-0.4, -0.2) is 22.6 Å². The van der Waals surface area contributed by atoms with Crippen molar-refractivity contribution in [2.75, 3.05) is 7.11 Å². The Labute approximate surface area is 181 Å². The highest BCUT2D eigenvalue weighted by Crippen LogP contribution is 2.32. The summed E-state index contributed by atoms with van der Waals surface area (Å²) in [5, 5.41) is 3.89. The van der Waals surface area contributed by atoms with Crippen molar-refractivity contribution in [3.63, 3.8) is 0 Å². The largest absolute Gasteiger partial charge is 0.348 e. The van der Waals surface area contributed by atoms with E-state index >= 15 is 0 Å². The molecule has 2 N–H and O–H groups in total. The molecule has 1 aromatic carbocycles. The predicted molar refractivity (Wildman–Crippen MR) is 122 cm³/mol. The van der Waals surface area contributed by atoms with E-state index in [9.17, 15) is 9.59 Å². The van der Waals surface area contributed by atoms with Crippen LogP contribution in [0.15, 0.2) is 34.1 Å². The van der Waals surface area contributed by atoms with Gasteiger partial charge in [0.05, 0.1) is 18.2 Å². The first-order valence-electron chi connectivity index (χ1n) is 10.1. The van der Waals surface area contributed by atoms with E-state index < -0.39 is 0 Å². The maximum atomic E-state index is 13.2. The molecule has 160 valence electrons. The summed E-state index contributed by atoms with van der Waals surface area (Å²) >= 11 is 1.23. The standard InChI is InChI=1S/C23H29N3O3S/c1-7-16-8-15(5)25-23(28)19(16)11-24-22(27)18-9-17(30-29-6)10-20-21(18)14(4)12-26(20)13(2)3/h8-10,12-13H,7,11H2,1-6H3,(H,24,27)(H,25,28). The van der Waals surface area contributed by atoms with Gasteiger partial charge in [-0.1, -0.05) is 6.92 Å². The molecular formula is C23H29N3O3S. The van der Waals surface area contributed by atoms with Gasteiger partial charge in [-0.2, -0.15) is 0 Å². The summed E-state index contributed by atoms with van der Waals surface area (Å²) in [7, 11) is 1.61. The number of aromatic amines is 1. The van der Waals surface area contributed by atoms with Crippen LogP contribution in [-0.2, 0) is 17.1 Å². The zero-order valence-corrected chi connectivity index (χ0v) is 19.2. The van der Waals surface area contributed by atoms with Crippen LogP contribution >= 0.6 is 12.0 Å². The van der Waals surface area contributed by atoms with Crippen LogP contribution in [0.4, 0.5) is 0 Å². The molecule has 0 aliphatic carbocycles. The van der Waals surface area contributed by atoms with Crippen molar-refractivity contribution in [2.24, 2.45) is 0 Å². The van der Waals surface area contributed by atoms with Gasteiger partial charge in [0.25, 0.3) is 11.5 Å². The highest BCUT2D eigenvalue weighted by molar-refractivity contribution is 7.94. The second-order valence-corrected chi connectivity index (χ2v) is 8.72. The Morgan fingerprint density at radius 2 is 2.00 bits per heavy atom. The number of hydrogen-bond donors (Lipinski definition) is 2. The summed E-state index contributed by atoms with van der Waals surface area (Å²) in [4.78, 5) is 29.3. The SMILES string of the molecule is CCc1cc(C)[nH]c(=O)c1CNC(=O)c1cc(SOC)cc2c1c(C)cn2C(C)C. The van der Waals surface area contributed by atoms with E-state index in [1.54, 1.807) is 7.11 Å². The Kier molecular flexibility index (Phi) is 6.73. The fraction of sp³-hybridized carbons (Fsp3) is 0.391. The van der Waals surface area contributed by atoms with Gasteiger partial charge in [-0.05, 0) is 63.4 Å². The smallest absolute Gasteiger partial charge is 0.253 e. The molecule has 30 heavy (non-hydrogen) atoms. The normalized spacial score (nSPS) is 11.4. The van der Waals surface area contributed by atoms with E-state index in [4.69, 9.17) is 4.18 Å². The molecule has 6 nitrogen and oxygen atoms in total. The van der Waals surface area contributed by atoms with Gasteiger partial charge >= 0.3 is 0 Å². The van der Waals surface area contributed by atoms with Crippen molar-refractivity contribution >= 4 is 28.9 Å². The molecule has 0 saturated heterocycles. The quantitative estimate of drug-likeness (QED) is 0.537. The number of carbonyl (C=O) groups excluding carboxylic acids is 1. The van der Waals surface area contributed by atoms with Crippen LogP contribution in [0.2, 0.25) is 0 Å². The highest BCUT2D eigenvalue weighted by Gasteiger charge is 2.19. The second-order valence-electron chi connectivity index (χ2n) is 7.75. The molecule has 0 bridgehead atoms. The number of rotatable bonds is 7. The number of nitrogens with one attached hydrogen (secondary N) is 2. The number of nitrogens with zero attached hydrogens (tertiary/aromatic N) is 1. The lowest BCUT2D eigenvalue weighted by atomic mass is 10.0. The number of benzene rings is 1. The average Bonchev–Trinajstić information content (AvgIpc) is 3.03. The molecule has 0 atom stereocenters. The summed E-state index contributed by atoms with van der Waals surface area (Å²) in [6, 6.07) is 6.12. The van der Waals surface area contributed by atoms with Crippen LogP contribution < -0.4 is 10.9 Å². The van der Waals surface area contributed by atoms with E-state index in [2.05, 4.69) is 34.9 Å². The Balaban J connectivity index is 2.02. The number of H-pyrrole nitrogens is 1. The molecule has 0 radical (unpaired) electrons. The van der Waals surface area contributed by atoms with Gasteiger partial charge in [0, 0.05) is 52.4 Å². The van der Waals surface area contributed by atoms with Crippen LogP contribution in [0.5, 0.6) is 0 Å². The molecule has 1 amide bonds. The topological polar surface area (TPSA) is 76.1 Å². The number of hydrogen-bond acceptors (Lipinski definition) is 4. The van der Waals surface area contributed by atoms with Crippen molar-refractivity contribution in [1.82, 2.24) is 14.9 Å². The summed E-state index contributed by atoms with van der Waals surface area (Å²) in [6.45, 7) is 10.3. The average molecular weight is 428 g/mol. The number of pyridine rings is 1. The van der Waals surface area contributed by atoms with Gasteiger partial charge in [0.15, 0.2) is 0 Å². The number of aryl methyl sites for hydroxylation is 3. The van der Waals surface area contributed by atoms with Crippen molar-refractivity contribution in [3.8, 4) is 0 Å². The molecule has 0 aliphatic heterocycles. The zero-order chi connectivity index (χ0) is 22.0. The van der Waals surface area contributed by atoms with Crippen LogP contribution in [0, 0.1) is 13.8 Å². The molecule has 3 rings (SSSR count). The number of aromatic nitrogens is 2. The molecule has 2 aromatic heterocycles. The molecule has 0 fully saturated rings. The minimum Gasteiger partial charge on any atom is -0.348 e. The molecule has 0 spiro atoms. The predicted octanol–water partition coefficient (Wildman–Crippen LogP) is 4.67. The highest BCUT2D eigenvalue weighted by atomic mass is 32.2. The third-order valence-electron chi connectivity index (χ3n) is 5.25. The fourth-order valence-electron chi connectivity index (χ4n) is 3.87. The van der Waals surface area contributed by atoms with Crippen molar-refractivity contribution in [1.29, 1.82) is 0 Å². The summed E-state index contributed by atoms with van der Waals surface area (Å²) in [5.41, 5.74) is 4.86. The Hall–Kier alpha value is -2.51. The van der Waals surface area contributed by atoms with Gasteiger partial charge in [-0.15, -0.1) is 0 Å². The van der Waals surface area contributed by atoms with E-state index in [-0.39, 0.29) is 24.1 Å². The minimum absolute atomic E-state index is 0.150. The summed E-state index contributed by atoms with van der Waals surface area (Å²) in [6.07, 6.45) is 2.81. The maximum Gasteiger partial charge on any atom is 0.253 e. The summed E-state index contributed by atoms with van der Waals surface area (Å²) in [5.74, 6) is -0.204. The van der Waals surface area contributed by atoms with E-state index in [1.165, 1.54) is 12.0 Å². The lowest BCUT2D eigenvalue weighted by molar-refractivity contribution is 0.0952. The third-order valence-corrected chi connectivity index (χ3v) is 5.84. The van der Waals surface area contributed by atoms with Gasteiger partial charge in [0.2, 0.25) is 0 Å². The van der Waals surface area contributed by atoms with E-state index in [0.717, 1.165) is 39.0 Å². The van der Waals surface area contributed by atoms with Gasteiger partial charge in [-0.25, -0.2) is 0 Å². The Morgan fingerprint density at radius 3 is 2.63 bits per heavy atom. The number of fused-ring (bicyclic) bond motifs is 1. The van der Waals surface area contributed by atoms with E-state index in [0.29, 0.717) is 11.1 Å². The monoisotopic (exact) mass is 427 g/mol. The van der Waals surface area contributed by atoms with Gasteiger partial charge in [0.1, 0.15) is 0 Å². The van der Waals surface area contributed by atoms with Gasteiger partial charge < -0.3 is 19.1 Å². The van der Waals surface area contributed by atoms with E-state index in [1.807, 2.05) is 39.0 Å². The fourth-order valence-corrected chi connectivity index (χ4v) is 4.39. The lowest BCUT2D eigenvalue weighted by Gasteiger charge is -2.13. The number of amides is 1. The Morgan fingerprint density at radius 1 is 1.27 bits per heavy atom. The third kappa shape index (κ3) is 4.32. The van der Waals surface area contributed by atoms with Crippen molar-refractivity contribution in [3.05, 3.63) is 62.7 Å². The molecular weight excluding hydrogens is 398 g/mol. The maximum absolute atomic E-state index is 13.2. The molecule has 0 unspecified atom stereocenters. The Bertz CT molecular complexity index is 1140. The molecule has 3 aromatic rings. The van der Waals surface area contributed by atoms with Crippen LogP contribution in [0.1, 0.15) is 59.6 Å². The first-order valence-corrected chi connectivity index (χ1v) is 10.9. The molecule has 0 aliphatic rings. The molecule has 0 saturated carbocycles. The van der Waals surface area contributed by atoms with Gasteiger partial charge in [-0.3, -0.25) is 9.59 Å². The first-order chi connectivity index (χ1) is 14.3. The summed E-state index contributed by atoms with van der Waals surface area (Å²) < 4.78 is 7.40. The second kappa shape index (κ2) is 9.10.